The molecule has 1 unspecified atom stereocenters. The molecule has 1 heterocycles. The standard InChI is InChI=1S/C17H22N2OS/c1-3-9-20-15-6-4-5-13(10-15)16(19-14-7-8-14)17-18-12(2)11-21-17/h4-6,10-11,14,16,19H,3,7-9H2,1-2H3. The smallest absolute Gasteiger partial charge is 0.119 e. The molecule has 0 radical (unpaired) electrons. The van der Waals surface area contributed by atoms with E-state index in [9.17, 15) is 0 Å². The van der Waals surface area contributed by atoms with E-state index in [1.165, 1.54) is 18.4 Å². The zero-order valence-corrected chi connectivity index (χ0v) is 13.5. The molecule has 21 heavy (non-hydrogen) atoms. The SMILES string of the molecule is CCCOc1cccc(C(NC2CC2)c2nc(C)cs2)c1. The maximum absolute atomic E-state index is 5.76. The summed E-state index contributed by atoms with van der Waals surface area (Å²) in [5.41, 5.74) is 2.33. The van der Waals surface area contributed by atoms with Crippen LogP contribution in [0.15, 0.2) is 29.6 Å². The van der Waals surface area contributed by atoms with Gasteiger partial charge in [0, 0.05) is 17.1 Å². The number of benzene rings is 1. The molecule has 1 fully saturated rings. The lowest BCUT2D eigenvalue weighted by Crippen LogP contribution is -2.24. The van der Waals surface area contributed by atoms with Crippen LogP contribution in [0, 0.1) is 6.92 Å². The molecule has 3 nitrogen and oxygen atoms in total. The molecule has 1 N–H and O–H groups in total. The van der Waals surface area contributed by atoms with Crippen LogP contribution in [0.1, 0.15) is 48.5 Å². The molecule has 1 atom stereocenters. The Hall–Kier alpha value is -1.39. The van der Waals surface area contributed by atoms with E-state index >= 15 is 0 Å². The molecule has 1 aliphatic rings. The van der Waals surface area contributed by atoms with Crippen molar-refractivity contribution in [1.29, 1.82) is 0 Å². The number of aromatic nitrogens is 1. The fraction of sp³-hybridized carbons (Fsp3) is 0.471. The lowest BCUT2D eigenvalue weighted by molar-refractivity contribution is 0.317. The van der Waals surface area contributed by atoms with E-state index in [-0.39, 0.29) is 6.04 Å². The third-order valence-electron chi connectivity index (χ3n) is 3.53. The summed E-state index contributed by atoms with van der Waals surface area (Å²) in [6.45, 7) is 4.94. The van der Waals surface area contributed by atoms with Gasteiger partial charge in [-0.15, -0.1) is 11.3 Å². The molecule has 0 amide bonds. The Kier molecular flexibility index (Phi) is 4.56. The van der Waals surface area contributed by atoms with E-state index in [0.717, 1.165) is 29.5 Å². The van der Waals surface area contributed by atoms with Gasteiger partial charge < -0.3 is 10.1 Å². The molecule has 0 aliphatic heterocycles. The molecule has 1 saturated carbocycles. The van der Waals surface area contributed by atoms with Gasteiger partial charge in [-0.2, -0.15) is 0 Å². The van der Waals surface area contributed by atoms with Gasteiger partial charge in [-0.1, -0.05) is 19.1 Å². The second kappa shape index (κ2) is 6.58. The monoisotopic (exact) mass is 302 g/mol. The average Bonchev–Trinajstić information content (AvgIpc) is 3.23. The van der Waals surface area contributed by atoms with Crippen LogP contribution in [0.5, 0.6) is 5.75 Å². The van der Waals surface area contributed by atoms with Crippen LogP contribution >= 0.6 is 11.3 Å². The molecule has 1 aromatic heterocycles. The molecular formula is C17H22N2OS. The number of aryl methyl sites for hydroxylation is 1. The van der Waals surface area contributed by atoms with Crippen molar-refractivity contribution in [2.75, 3.05) is 6.61 Å². The van der Waals surface area contributed by atoms with Gasteiger partial charge in [-0.3, -0.25) is 0 Å². The quantitative estimate of drug-likeness (QED) is 0.836. The number of hydrogen-bond donors (Lipinski definition) is 1. The summed E-state index contributed by atoms with van der Waals surface area (Å²) >= 11 is 1.73. The minimum Gasteiger partial charge on any atom is -0.494 e. The Morgan fingerprint density at radius 1 is 1.43 bits per heavy atom. The Morgan fingerprint density at radius 2 is 2.29 bits per heavy atom. The van der Waals surface area contributed by atoms with Crippen molar-refractivity contribution in [3.8, 4) is 5.75 Å². The van der Waals surface area contributed by atoms with Crippen LogP contribution in [0.4, 0.5) is 0 Å². The maximum atomic E-state index is 5.76. The molecular weight excluding hydrogens is 280 g/mol. The van der Waals surface area contributed by atoms with Crippen LogP contribution in [0.25, 0.3) is 0 Å². The number of thiazole rings is 1. The Bertz CT molecular complexity index is 592. The van der Waals surface area contributed by atoms with Crippen LogP contribution in [-0.4, -0.2) is 17.6 Å². The molecule has 0 saturated heterocycles. The maximum Gasteiger partial charge on any atom is 0.119 e. The van der Waals surface area contributed by atoms with Gasteiger partial charge in [0.1, 0.15) is 10.8 Å². The van der Waals surface area contributed by atoms with Crippen molar-refractivity contribution < 1.29 is 4.74 Å². The third kappa shape index (κ3) is 3.83. The summed E-state index contributed by atoms with van der Waals surface area (Å²) < 4.78 is 5.76. The Morgan fingerprint density at radius 3 is 2.95 bits per heavy atom. The highest BCUT2D eigenvalue weighted by Gasteiger charge is 2.28. The van der Waals surface area contributed by atoms with Gasteiger partial charge in [0.25, 0.3) is 0 Å². The van der Waals surface area contributed by atoms with Gasteiger partial charge in [-0.25, -0.2) is 4.98 Å². The van der Waals surface area contributed by atoms with Crippen LogP contribution in [-0.2, 0) is 0 Å². The summed E-state index contributed by atoms with van der Waals surface area (Å²) in [5.74, 6) is 0.949. The van der Waals surface area contributed by atoms with Gasteiger partial charge in [-0.05, 0) is 43.9 Å². The predicted molar refractivity (Wildman–Crippen MR) is 87.1 cm³/mol. The van der Waals surface area contributed by atoms with Crippen LogP contribution in [0.2, 0.25) is 0 Å². The summed E-state index contributed by atoms with van der Waals surface area (Å²) in [4.78, 5) is 4.68. The molecule has 3 rings (SSSR count). The number of rotatable bonds is 7. The average molecular weight is 302 g/mol. The van der Waals surface area contributed by atoms with Gasteiger partial charge >= 0.3 is 0 Å². The van der Waals surface area contributed by atoms with Gasteiger partial charge in [0.05, 0.1) is 12.6 Å². The third-order valence-corrected chi connectivity index (χ3v) is 4.56. The minimum absolute atomic E-state index is 0.182. The fourth-order valence-electron chi connectivity index (χ4n) is 2.30. The number of ether oxygens (including phenoxy) is 1. The number of nitrogens with one attached hydrogen (secondary N) is 1. The normalized spacial score (nSPS) is 15.9. The van der Waals surface area contributed by atoms with Crippen molar-refractivity contribution in [3.05, 3.63) is 45.9 Å². The van der Waals surface area contributed by atoms with Crippen molar-refractivity contribution in [3.63, 3.8) is 0 Å². The van der Waals surface area contributed by atoms with Gasteiger partial charge in [0.15, 0.2) is 0 Å². The molecule has 1 aliphatic carbocycles. The van der Waals surface area contributed by atoms with E-state index < -0.39 is 0 Å². The minimum atomic E-state index is 0.182. The summed E-state index contributed by atoms with van der Waals surface area (Å²) in [5, 5.41) is 6.98. The van der Waals surface area contributed by atoms with E-state index in [2.05, 4.69) is 47.7 Å². The first-order valence-corrected chi connectivity index (χ1v) is 8.55. The van der Waals surface area contributed by atoms with Crippen molar-refractivity contribution in [2.24, 2.45) is 0 Å². The first-order valence-electron chi connectivity index (χ1n) is 7.67. The number of nitrogens with zero attached hydrogens (tertiary/aromatic N) is 1. The summed E-state index contributed by atoms with van der Waals surface area (Å²) in [7, 11) is 0. The first kappa shape index (κ1) is 14.5. The second-order valence-corrected chi connectivity index (χ2v) is 6.51. The molecule has 2 aromatic rings. The highest BCUT2D eigenvalue weighted by Crippen LogP contribution is 2.31. The predicted octanol–water partition coefficient (Wildman–Crippen LogP) is 4.08. The molecule has 4 heteroatoms. The Labute approximate surface area is 130 Å². The lowest BCUT2D eigenvalue weighted by Gasteiger charge is -2.17. The second-order valence-electron chi connectivity index (χ2n) is 5.62. The van der Waals surface area contributed by atoms with Crippen molar-refractivity contribution in [1.82, 2.24) is 10.3 Å². The Balaban J connectivity index is 1.84. The van der Waals surface area contributed by atoms with Crippen molar-refractivity contribution >= 4 is 11.3 Å². The topological polar surface area (TPSA) is 34.1 Å². The van der Waals surface area contributed by atoms with E-state index in [1.54, 1.807) is 11.3 Å². The highest BCUT2D eigenvalue weighted by molar-refractivity contribution is 7.09. The fourth-order valence-corrected chi connectivity index (χ4v) is 3.19. The molecule has 112 valence electrons. The first-order chi connectivity index (χ1) is 10.3. The molecule has 1 aromatic carbocycles. The molecule has 0 spiro atoms. The largest absolute Gasteiger partial charge is 0.494 e. The van der Waals surface area contributed by atoms with E-state index in [1.807, 2.05) is 6.07 Å². The summed E-state index contributed by atoms with van der Waals surface area (Å²) in [6.07, 6.45) is 3.57. The lowest BCUT2D eigenvalue weighted by atomic mass is 10.1. The zero-order chi connectivity index (χ0) is 14.7. The van der Waals surface area contributed by atoms with Crippen LogP contribution < -0.4 is 10.1 Å². The summed E-state index contributed by atoms with van der Waals surface area (Å²) in [6, 6.07) is 9.23. The highest BCUT2D eigenvalue weighted by atomic mass is 32.1. The van der Waals surface area contributed by atoms with Crippen LogP contribution in [0.3, 0.4) is 0 Å². The van der Waals surface area contributed by atoms with E-state index in [4.69, 9.17) is 4.74 Å². The molecule has 0 bridgehead atoms. The van der Waals surface area contributed by atoms with Gasteiger partial charge in [0.2, 0.25) is 0 Å². The van der Waals surface area contributed by atoms with Crippen molar-refractivity contribution in [2.45, 2.75) is 45.2 Å². The van der Waals surface area contributed by atoms with E-state index in [0.29, 0.717) is 6.04 Å². The number of hydrogen-bond acceptors (Lipinski definition) is 4. The zero-order valence-electron chi connectivity index (χ0n) is 12.6.